The number of benzene rings is 1. The van der Waals surface area contributed by atoms with Crippen molar-refractivity contribution in [2.45, 2.75) is 0 Å². The Hall–Kier alpha value is -0.900. The standard InChI is InChI=1S/C11H5ClNS2/c12-8-5-9-11(15-6-13-9)4-7(8)10-2-1-3-14-10/h1-2,4-6H. The first-order valence-electron chi connectivity index (χ1n) is 4.33. The van der Waals surface area contributed by atoms with Gasteiger partial charge in [0.15, 0.2) is 0 Å². The van der Waals surface area contributed by atoms with Gasteiger partial charge in [0.2, 0.25) is 0 Å². The Morgan fingerprint density at radius 3 is 3.07 bits per heavy atom. The van der Waals surface area contributed by atoms with Crippen molar-refractivity contribution in [3.63, 3.8) is 0 Å². The van der Waals surface area contributed by atoms with E-state index in [2.05, 4.69) is 16.4 Å². The number of hydrogen-bond donors (Lipinski definition) is 0. The molecule has 0 saturated heterocycles. The highest BCUT2D eigenvalue weighted by molar-refractivity contribution is 7.17. The fourth-order valence-corrected chi connectivity index (χ4v) is 3.14. The van der Waals surface area contributed by atoms with Gasteiger partial charge in [-0.3, -0.25) is 0 Å². The third-order valence-corrected chi connectivity index (χ3v) is 4.09. The zero-order chi connectivity index (χ0) is 10.3. The van der Waals surface area contributed by atoms with Gasteiger partial charge in [-0.25, -0.2) is 4.98 Å². The molecule has 73 valence electrons. The van der Waals surface area contributed by atoms with Gasteiger partial charge in [0.1, 0.15) is 0 Å². The van der Waals surface area contributed by atoms with Crippen LogP contribution in [-0.4, -0.2) is 4.98 Å². The van der Waals surface area contributed by atoms with Crippen molar-refractivity contribution in [1.29, 1.82) is 0 Å². The molecular weight excluding hydrogens is 246 g/mol. The number of hydrogen-bond acceptors (Lipinski definition) is 3. The average molecular weight is 251 g/mol. The van der Waals surface area contributed by atoms with E-state index < -0.39 is 0 Å². The lowest BCUT2D eigenvalue weighted by molar-refractivity contribution is 1.50. The molecule has 0 N–H and O–H groups in total. The van der Waals surface area contributed by atoms with E-state index in [-0.39, 0.29) is 0 Å². The predicted octanol–water partition coefficient (Wildman–Crippen LogP) is 4.48. The fraction of sp³-hybridized carbons (Fsp3) is 0. The monoisotopic (exact) mass is 250 g/mol. The summed E-state index contributed by atoms with van der Waals surface area (Å²) in [5, 5.41) is 3.82. The number of thiazole rings is 1. The largest absolute Gasteiger partial charge is 0.245 e. The Balaban J connectivity index is 2.30. The molecule has 0 fully saturated rings. The molecule has 3 aromatic rings. The zero-order valence-corrected chi connectivity index (χ0v) is 9.92. The maximum Gasteiger partial charge on any atom is 0.0827 e. The maximum absolute atomic E-state index is 6.21. The third-order valence-electron chi connectivity index (χ3n) is 2.16. The van der Waals surface area contributed by atoms with Gasteiger partial charge in [-0.05, 0) is 24.3 Å². The van der Waals surface area contributed by atoms with E-state index in [0.29, 0.717) is 0 Å². The van der Waals surface area contributed by atoms with E-state index in [4.69, 9.17) is 11.6 Å². The second kappa shape index (κ2) is 3.59. The molecule has 0 aliphatic carbocycles. The number of thiophene rings is 1. The van der Waals surface area contributed by atoms with E-state index in [1.807, 2.05) is 23.7 Å². The van der Waals surface area contributed by atoms with Crippen LogP contribution in [0.3, 0.4) is 0 Å². The molecule has 0 aliphatic heterocycles. The van der Waals surface area contributed by atoms with Crippen molar-refractivity contribution >= 4 is 44.5 Å². The predicted molar refractivity (Wildman–Crippen MR) is 66.8 cm³/mol. The SMILES string of the molecule is Clc1cc2ncsc2cc1-c1cc[c]s1. The molecule has 1 aromatic carbocycles. The van der Waals surface area contributed by atoms with Gasteiger partial charge < -0.3 is 0 Å². The molecule has 0 bridgehead atoms. The number of rotatable bonds is 1. The van der Waals surface area contributed by atoms with Crippen LogP contribution in [0.4, 0.5) is 0 Å². The minimum atomic E-state index is 0.754. The molecular formula is C11H5ClNS2. The summed E-state index contributed by atoms with van der Waals surface area (Å²) in [6.45, 7) is 0. The van der Waals surface area contributed by atoms with Gasteiger partial charge in [0.25, 0.3) is 0 Å². The molecule has 0 saturated carbocycles. The van der Waals surface area contributed by atoms with Gasteiger partial charge in [0.05, 0.1) is 20.7 Å². The molecule has 0 unspecified atom stereocenters. The summed E-state index contributed by atoms with van der Waals surface area (Å²) >= 11 is 9.42. The quantitative estimate of drug-likeness (QED) is 0.621. The molecule has 2 aromatic heterocycles. The lowest BCUT2D eigenvalue weighted by atomic mass is 10.2. The molecule has 15 heavy (non-hydrogen) atoms. The normalized spacial score (nSPS) is 11.0. The summed E-state index contributed by atoms with van der Waals surface area (Å²) < 4.78 is 1.17. The third kappa shape index (κ3) is 1.57. The molecule has 1 nitrogen and oxygen atoms in total. The summed E-state index contributed by atoms with van der Waals surface area (Å²) in [6, 6.07) is 7.95. The second-order valence-electron chi connectivity index (χ2n) is 3.07. The maximum atomic E-state index is 6.21. The van der Waals surface area contributed by atoms with Crippen LogP contribution in [-0.2, 0) is 0 Å². The zero-order valence-electron chi connectivity index (χ0n) is 7.53. The highest BCUT2D eigenvalue weighted by Gasteiger charge is 2.07. The van der Waals surface area contributed by atoms with Crippen LogP contribution in [0, 0.1) is 5.38 Å². The summed E-state index contributed by atoms with van der Waals surface area (Å²) in [6.07, 6.45) is 0. The first-order chi connectivity index (χ1) is 7.34. The minimum Gasteiger partial charge on any atom is -0.245 e. The van der Waals surface area contributed by atoms with Crippen LogP contribution < -0.4 is 0 Å². The first-order valence-corrected chi connectivity index (χ1v) is 6.41. The minimum absolute atomic E-state index is 0.754. The number of halogens is 1. The van der Waals surface area contributed by atoms with Crippen molar-refractivity contribution < 1.29 is 0 Å². The van der Waals surface area contributed by atoms with Gasteiger partial charge in [0, 0.05) is 15.8 Å². The summed E-state index contributed by atoms with van der Waals surface area (Å²) in [5.74, 6) is 0. The first kappa shape index (κ1) is 9.33. The number of nitrogens with zero attached hydrogens (tertiary/aromatic N) is 1. The molecule has 2 heterocycles. The topological polar surface area (TPSA) is 12.9 Å². The van der Waals surface area contributed by atoms with Crippen molar-refractivity contribution in [2.24, 2.45) is 0 Å². The van der Waals surface area contributed by atoms with Gasteiger partial charge in [-0.1, -0.05) is 11.6 Å². The van der Waals surface area contributed by atoms with Crippen LogP contribution in [0.25, 0.3) is 20.7 Å². The van der Waals surface area contributed by atoms with Crippen LogP contribution >= 0.6 is 34.3 Å². The van der Waals surface area contributed by atoms with Gasteiger partial charge >= 0.3 is 0 Å². The van der Waals surface area contributed by atoms with Crippen molar-refractivity contribution in [3.8, 4) is 10.4 Å². The molecule has 0 spiro atoms. The molecule has 1 radical (unpaired) electrons. The van der Waals surface area contributed by atoms with E-state index in [1.54, 1.807) is 22.7 Å². The van der Waals surface area contributed by atoms with Crippen LogP contribution in [0.1, 0.15) is 0 Å². The van der Waals surface area contributed by atoms with Crippen molar-refractivity contribution in [3.05, 3.63) is 40.2 Å². The van der Waals surface area contributed by atoms with Crippen LogP contribution in [0.5, 0.6) is 0 Å². The Bertz CT molecular complexity index is 598. The highest BCUT2D eigenvalue weighted by atomic mass is 35.5. The number of aromatic nitrogens is 1. The van der Waals surface area contributed by atoms with Crippen LogP contribution in [0.2, 0.25) is 5.02 Å². The Morgan fingerprint density at radius 1 is 1.33 bits per heavy atom. The fourth-order valence-electron chi connectivity index (χ4n) is 1.45. The molecule has 3 rings (SSSR count). The van der Waals surface area contributed by atoms with E-state index in [0.717, 1.165) is 21.0 Å². The Labute approximate surface area is 100.0 Å². The lowest BCUT2D eigenvalue weighted by Gasteiger charge is -2.00. The molecule has 0 aliphatic rings. The smallest absolute Gasteiger partial charge is 0.0827 e. The molecule has 0 amide bonds. The summed E-state index contributed by atoms with van der Waals surface area (Å²) in [5.41, 5.74) is 3.87. The molecule has 0 atom stereocenters. The summed E-state index contributed by atoms with van der Waals surface area (Å²) in [7, 11) is 0. The lowest BCUT2D eigenvalue weighted by Crippen LogP contribution is -1.75. The van der Waals surface area contributed by atoms with Crippen LogP contribution in [0.15, 0.2) is 29.8 Å². The Morgan fingerprint density at radius 2 is 2.27 bits per heavy atom. The average Bonchev–Trinajstić information content (AvgIpc) is 2.85. The highest BCUT2D eigenvalue weighted by Crippen LogP contribution is 2.35. The Kier molecular flexibility index (Phi) is 2.24. The van der Waals surface area contributed by atoms with E-state index >= 15 is 0 Å². The van der Waals surface area contributed by atoms with Gasteiger partial charge in [-0.15, -0.1) is 22.7 Å². The van der Waals surface area contributed by atoms with Crippen molar-refractivity contribution in [1.82, 2.24) is 4.98 Å². The van der Waals surface area contributed by atoms with Gasteiger partial charge in [-0.2, -0.15) is 0 Å². The van der Waals surface area contributed by atoms with E-state index in [9.17, 15) is 0 Å². The van der Waals surface area contributed by atoms with Crippen molar-refractivity contribution in [2.75, 3.05) is 0 Å². The second-order valence-corrected chi connectivity index (χ2v) is 5.24. The number of fused-ring (bicyclic) bond motifs is 1. The summed E-state index contributed by atoms with van der Waals surface area (Å²) in [4.78, 5) is 5.38. The molecule has 4 heteroatoms. The van der Waals surface area contributed by atoms with E-state index in [1.165, 1.54) is 4.70 Å².